The summed E-state index contributed by atoms with van der Waals surface area (Å²) in [5, 5.41) is 3.05. The predicted octanol–water partition coefficient (Wildman–Crippen LogP) is 2.46. The van der Waals surface area contributed by atoms with E-state index in [0.29, 0.717) is 31.6 Å². The molecule has 0 amide bonds. The van der Waals surface area contributed by atoms with Crippen molar-refractivity contribution in [2.75, 3.05) is 19.6 Å². The number of rotatable bonds is 4. The highest BCUT2D eigenvalue weighted by atomic mass is 35.5. The zero-order chi connectivity index (χ0) is 16.4. The minimum absolute atomic E-state index is 0. The molecule has 23 heavy (non-hydrogen) atoms. The molecule has 10 heteroatoms. The van der Waals surface area contributed by atoms with E-state index >= 15 is 0 Å². The number of alkyl halides is 3. The van der Waals surface area contributed by atoms with Gasteiger partial charge >= 0.3 is 6.18 Å². The molecule has 0 fully saturated rings. The van der Waals surface area contributed by atoms with E-state index in [1.54, 1.807) is 0 Å². The van der Waals surface area contributed by atoms with Crippen LogP contribution >= 0.6 is 12.4 Å². The van der Waals surface area contributed by atoms with Crippen LogP contribution in [0.4, 0.5) is 17.6 Å². The second-order valence-electron chi connectivity index (χ2n) is 4.78. The molecular weight excluding hydrogens is 360 g/mol. The Morgan fingerprint density at radius 1 is 1.26 bits per heavy atom. The summed E-state index contributed by atoms with van der Waals surface area (Å²) in [5.41, 5.74) is -0.753. The first-order chi connectivity index (χ1) is 10.2. The lowest BCUT2D eigenvalue weighted by molar-refractivity contribution is -0.140. The van der Waals surface area contributed by atoms with E-state index in [0.717, 1.165) is 11.6 Å². The van der Waals surface area contributed by atoms with Gasteiger partial charge in [-0.3, -0.25) is 0 Å². The molecule has 0 atom stereocenters. The van der Waals surface area contributed by atoms with Crippen LogP contribution in [0.25, 0.3) is 0 Å². The standard InChI is InChI=1S/C13H14F4N2O2S.ClH/c14-12-2-1-10(7-11(12)13(15,16)17)22(20,21)19-8-9-3-5-18-6-4-9;/h1-3,7,18-19H,4-6,8H2;1H. The van der Waals surface area contributed by atoms with Gasteiger partial charge in [0.2, 0.25) is 10.0 Å². The molecule has 0 spiro atoms. The normalized spacial score (nSPS) is 15.7. The Kier molecular flexibility index (Phi) is 6.58. The molecule has 4 nitrogen and oxygen atoms in total. The molecule has 1 aromatic carbocycles. The van der Waals surface area contributed by atoms with Crippen LogP contribution in [0.3, 0.4) is 0 Å². The molecule has 0 bridgehead atoms. The Morgan fingerprint density at radius 3 is 2.52 bits per heavy atom. The summed E-state index contributed by atoms with van der Waals surface area (Å²) >= 11 is 0. The molecule has 0 radical (unpaired) electrons. The first kappa shape index (κ1) is 19.9. The predicted molar refractivity (Wildman–Crippen MR) is 79.4 cm³/mol. The van der Waals surface area contributed by atoms with Gasteiger partial charge in [0.25, 0.3) is 0 Å². The molecule has 0 unspecified atom stereocenters. The summed E-state index contributed by atoms with van der Waals surface area (Å²) < 4.78 is 77.3. The number of halogens is 5. The number of sulfonamides is 1. The lowest BCUT2D eigenvalue weighted by Crippen LogP contribution is -2.30. The van der Waals surface area contributed by atoms with Crippen LogP contribution in [0.15, 0.2) is 34.7 Å². The fraction of sp³-hybridized carbons (Fsp3) is 0.385. The van der Waals surface area contributed by atoms with Crippen LogP contribution in [0.5, 0.6) is 0 Å². The largest absolute Gasteiger partial charge is 0.419 e. The van der Waals surface area contributed by atoms with Crippen molar-refractivity contribution in [3.63, 3.8) is 0 Å². The van der Waals surface area contributed by atoms with Gasteiger partial charge in [-0.15, -0.1) is 12.4 Å². The van der Waals surface area contributed by atoms with Gasteiger partial charge in [-0.25, -0.2) is 17.5 Å². The lowest BCUT2D eigenvalue weighted by atomic mass is 10.1. The third kappa shape index (κ3) is 5.17. The fourth-order valence-corrected chi connectivity index (χ4v) is 3.05. The number of hydrogen-bond acceptors (Lipinski definition) is 3. The van der Waals surface area contributed by atoms with Crippen molar-refractivity contribution in [2.24, 2.45) is 0 Å². The van der Waals surface area contributed by atoms with Gasteiger partial charge in [0.15, 0.2) is 0 Å². The van der Waals surface area contributed by atoms with Crippen molar-refractivity contribution in [2.45, 2.75) is 17.5 Å². The smallest absolute Gasteiger partial charge is 0.313 e. The van der Waals surface area contributed by atoms with Gasteiger partial charge in [-0.2, -0.15) is 13.2 Å². The lowest BCUT2D eigenvalue weighted by Gasteiger charge is -2.15. The summed E-state index contributed by atoms with van der Waals surface area (Å²) in [4.78, 5) is -0.615. The maximum Gasteiger partial charge on any atom is 0.419 e. The molecule has 0 aromatic heterocycles. The quantitative estimate of drug-likeness (QED) is 0.629. The second kappa shape index (κ2) is 7.61. The number of hydrogen-bond donors (Lipinski definition) is 2. The van der Waals surface area contributed by atoms with E-state index in [1.807, 2.05) is 6.08 Å². The second-order valence-corrected chi connectivity index (χ2v) is 6.55. The van der Waals surface area contributed by atoms with Gasteiger partial charge in [0.05, 0.1) is 10.5 Å². The first-order valence-corrected chi connectivity index (χ1v) is 7.93. The van der Waals surface area contributed by atoms with Crippen molar-refractivity contribution < 1.29 is 26.0 Å². The highest BCUT2D eigenvalue weighted by Crippen LogP contribution is 2.32. The topological polar surface area (TPSA) is 58.2 Å². The van der Waals surface area contributed by atoms with Crippen LogP contribution < -0.4 is 10.0 Å². The molecule has 0 aliphatic carbocycles. The maximum absolute atomic E-state index is 13.2. The fourth-order valence-electron chi connectivity index (χ4n) is 1.99. The van der Waals surface area contributed by atoms with Crippen LogP contribution in [-0.4, -0.2) is 28.1 Å². The summed E-state index contributed by atoms with van der Waals surface area (Å²) in [5.74, 6) is -1.51. The SMILES string of the molecule is Cl.O=S(=O)(NCC1=CCNCC1)c1ccc(F)c(C(F)(F)F)c1. The van der Waals surface area contributed by atoms with E-state index < -0.39 is 32.5 Å². The van der Waals surface area contributed by atoms with Gasteiger partial charge in [0, 0.05) is 13.1 Å². The van der Waals surface area contributed by atoms with Gasteiger partial charge in [0.1, 0.15) is 5.82 Å². The van der Waals surface area contributed by atoms with Crippen molar-refractivity contribution in [1.29, 1.82) is 0 Å². The molecule has 2 N–H and O–H groups in total. The van der Waals surface area contributed by atoms with E-state index in [2.05, 4.69) is 10.0 Å². The van der Waals surface area contributed by atoms with Crippen molar-refractivity contribution >= 4 is 22.4 Å². The molecule has 1 aliphatic rings. The third-order valence-corrected chi connectivity index (χ3v) is 4.60. The summed E-state index contributed by atoms with van der Waals surface area (Å²) in [6.45, 7) is 1.34. The molecule has 0 saturated carbocycles. The minimum Gasteiger partial charge on any atom is -0.313 e. The van der Waals surface area contributed by atoms with Crippen LogP contribution in [-0.2, 0) is 16.2 Å². The Morgan fingerprint density at radius 2 is 1.96 bits per heavy atom. The molecule has 0 saturated heterocycles. The molecule has 1 heterocycles. The summed E-state index contributed by atoms with van der Waals surface area (Å²) in [6.07, 6.45) is -2.48. The van der Waals surface area contributed by atoms with E-state index in [1.165, 1.54) is 0 Å². The van der Waals surface area contributed by atoms with Gasteiger partial charge in [-0.05, 0) is 31.2 Å². The van der Waals surface area contributed by atoms with Crippen LogP contribution in [0, 0.1) is 5.82 Å². The zero-order valence-electron chi connectivity index (χ0n) is 11.8. The maximum atomic E-state index is 13.2. The van der Waals surface area contributed by atoms with Crippen LogP contribution in [0.1, 0.15) is 12.0 Å². The molecule has 2 rings (SSSR count). The third-order valence-electron chi connectivity index (χ3n) is 3.20. The Balaban J connectivity index is 0.00000264. The van der Waals surface area contributed by atoms with Crippen molar-refractivity contribution in [3.05, 3.63) is 41.2 Å². The Labute approximate surface area is 137 Å². The van der Waals surface area contributed by atoms with Crippen LogP contribution in [0.2, 0.25) is 0 Å². The molecule has 1 aromatic rings. The van der Waals surface area contributed by atoms with E-state index in [4.69, 9.17) is 0 Å². The van der Waals surface area contributed by atoms with Crippen molar-refractivity contribution in [3.8, 4) is 0 Å². The average molecular weight is 375 g/mol. The number of benzene rings is 1. The average Bonchev–Trinajstić information content (AvgIpc) is 2.45. The van der Waals surface area contributed by atoms with Crippen molar-refractivity contribution in [1.82, 2.24) is 10.0 Å². The monoisotopic (exact) mass is 374 g/mol. The summed E-state index contributed by atoms with van der Waals surface area (Å²) in [7, 11) is -4.14. The molecular formula is C13H15ClF4N2O2S. The summed E-state index contributed by atoms with van der Waals surface area (Å²) in [6, 6.07) is 1.61. The zero-order valence-corrected chi connectivity index (χ0v) is 13.4. The van der Waals surface area contributed by atoms with Gasteiger partial charge < -0.3 is 5.32 Å². The molecule has 130 valence electrons. The minimum atomic E-state index is -4.95. The first-order valence-electron chi connectivity index (χ1n) is 6.45. The van der Waals surface area contributed by atoms with E-state index in [-0.39, 0.29) is 19.0 Å². The van der Waals surface area contributed by atoms with Gasteiger partial charge in [-0.1, -0.05) is 11.6 Å². The van der Waals surface area contributed by atoms with E-state index in [9.17, 15) is 26.0 Å². The molecule has 1 aliphatic heterocycles. The highest BCUT2D eigenvalue weighted by Gasteiger charge is 2.35. The number of nitrogens with one attached hydrogen (secondary N) is 2. The Bertz CT molecular complexity index is 690. The Hall–Kier alpha value is -1.16. The highest BCUT2D eigenvalue weighted by molar-refractivity contribution is 7.89.